The number of amides is 1. The van der Waals surface area contributed by atoms with Gasteiger partial charge in [-0.25, -0.2) is 9.78 Å². The van der Waals surface area contributed by atoms with Crippen molar-refractivity contribution in [3.63, 3.8) is 0 Å². The topological polar surface area (TPSA) is 62.7 Å². The molecular formula is C20H25ClN2O3. The zero-order valence-corrected chi connectivity index (χ0v) is 16.2. The van der Waals surface area contributed by atoms with Gasteiger partial charge in [0.25, 0.3) is 0 Å². The maximum absolute atomic E-state index is 12.6. The minimum absolute atomic E-state index is 0.356. The number of aromatic nitrogens is 1. The molecule has 3 rings (SSSR count). The van der Waals surface area contributed by atoms with E-state index in [-0.39, 0.29) is 12.1 Å². The van der Waals surface area contributed by atoms with Gasteiger partial charge in [0.1, 0.15) is 11.7 Å². The van der Waals surface area contributed by atoms with Gasteiger partial charge in [-0.15, -0.1) is 0 Å². The average Bonchev–Trinajstić information content (AvgIpc) is 2.60. The molecule has 1 aliphatic heterocycles. The highest BCUT2D eigenvalue weighted by Gasteiger charge is 2.35. The van der Waals surface area contributed by atoms with Crippen molar-refractivity contribution in [1.82, 2.24) is 9.88 Å². The molecule has 0 bridgehead atoms. The lowest BCUT2D eigenvalue weighted by Gasteiger charge is -2.38. The lowest BCUT2D eigenvalue weighted by Crippen LogP contribution is -2.48. The molecular weight excluding hydrogens is 352 g/mol. The van der Waals surface area contributed by atoms with Crippen molar-refractivity contribution in [3.8, 4) is 0 Å². The van der Waals surface area contributed by atoms with Crippen LogP contribution in [0.25, 0.3) is 10.9 Å². The van der Waals surface area contributed by atoms with Gasteiger partial charge >= 0.3 is 6.09 Å². The Kier molecular flexibility index (Phi) is 5.39. The molecule has 2 atom stereocenters. The van der Waals surface area contributed by atoms with E-state index < -0.39 is 11.7 Å². The van der Waals surface area contributed by atoms with E-state index in [2.05, 4.69) is 4.98 Å². The summed E-state index contributed by atoms with van der Waals surface area (Å²) in [6, 6.07) is 8.91. The number of piperidine rings is 1. The molecule has 0 spiro atoms. The number of halogens is 1. The van der Waals surface area contributed by atoms with Gasteiger partial charge in [0.2, 0.25) is 0 Å². The largest absolute Gasteiger partial charge is 0.444 e. The summed E-state index contributed by atoms with van der Waals surface area (Å²) in [4.78, 5) is 18.8. The highest BCUT2D eigenvalue weighted by atomic mass is 35.5. The van der Waals surface area contributed by atoms with Crippen LogP contribution in [0.4, 0.5) is 4.79 Å². The van der Waals surface area contributed by atoms with Crippen molar-refractivity contribution in [2.24, 2.45) is 0 Å². The van der Waals surface area contributed by atoms with E-state index in [1.54, 1.807) is 17.0 Å². The van der Waals surface area contributed by atoms with Gasteiger partial charge in [-0.2, -0.15) is 0 Å². The minimum Gasteiger partial charge on any atom is -0.444 e. The minimum atomic E-state index is -0.886. The number of nitrogens with zero attached hydrogens (tertiary/aromatic N) is 2. The molecule has 1 amide bonds. The summed E-state index contributed by atoms with van der Waals surface area (Å²) in [6.45, 7) is 6.10. The van der Waals surface area contributed by atoms with Crippen molar-refractivity contribution in [2.75, 3.05) is 6.54 Å². The molecule has 2 unspecified atom stereocenters. The molecule has 5 nitrogen and oxygen atoms in total. The Labute approximate surface area is 158 Å². The van der Waals surface area contributed by atoms with E-state index in [0.717, 1.165) is 18.2 Å². The highest BCUT2D eigenvalue weighted by molar-refractivity contribution is 6.35. The van der Waals surface area contributed by atoms with Gasteiger partial charge < -0.3 is 14.7 Å². The molecule has 1 fully saturated rings. The van der Waals surface area contributed by atoms with Crippen molar-refractivity contribution >= 4 is 28.6 Å². The number of fused-ring (bicyclic) bond motifs is 1. The zero-order valence-electron chi connectivity index (χ0n) is 15.4. The highest BCUT2D eigenvalue weighted by Crippen LogP contribution is 2.31. The predicted molar refractivity (Wildman–Crippen MR) is 102 cm³/mol. The fourth-order valence-corrected chi connectivity index (χ4v) is 3.54. The smallest absolute Gasteiger partial charge is 0.410 e. The number of aliphatic hydroxyl groups excluding tert-OH is 1. The van der Waals surface area contributed by atoms with E-state index in [0.29, 0.717) is 29.2 Å². The third kappa shape index (κ3) is 4.10. The first-order valence-electron chi connectivity index (χ1n) is 8.99. The van der Waals surface area contributed by atoms with E-state index in [9.17, 15) is 9.90 Å². The molecule has 6 heteroatoms. The quantitative estimate of drug-likeness (QED) is 0.824. The molecule has 0 aliphatic carbocycles. The van der Waals surface area contributed by atoms with Crippen molar-refractivity contribution in [2.45, 2.75) is 57.8 Å². The first-order valence-corrected chi connectivity index (χ1v) is 9.37. The van der Waals surface area contributed by atoms with Crippen LogP contribution in [-0.2, 0) is 4.74 Å². The molecule has 1 aromatic heterocycles. The second kappa shape index (κ2) is 7.41. The average molecular weight is 377 g/mol. The van der Waals surface area contributed by atoms with Crippen LogP contribution in [0, 0.1) is 0 Å². The van der Waals surface area contributed by atoms with Crippen LogP contribution in [0.15, 0.2) is 30.3 Å². The van der Waals surface area contributed by atoms with Gasteiger partial charge in [0, 0.05) is 11.9 Å². The molecule has 140 valence electrons. The summed E-state index contributed by atoms with van der Waals surface area (Å²) in [5.74, 6) is 0. The lowest BCUT2D eigenvalue weighted by molar-refractivity contribution is -0.0177. The molecule has 1 saturated heterocycles. The number of hydrogen-bond donors (Lipinski definition) is 1. The fraction of sp³-hybridized carbons (Fsp3) is 0.500. The van der Waals surface area contributed by atoms with Crippen LogP contribution in [0.2, 0.25) is 5.02 Å². The Balaban J connectivity index is 1.87. The Bertz CT molecular complexity index is 803. The Morgan fingerprint density at radius 3 is 2.81 bits per heavy atom. The molecule has 1 aromatic carbocycles. The van der Waals surface area contributed by atoms with Crippen LogP contribution in [-0.4, -0.2) is 39.3 Å². The number of para-hydroxylation sites is 1. The van der Waals surface area contributed by atoms with Gasteiger partial charge in [-0.1, -0.05) is 29.8 Å². The number of aliphatic hydroxyl groups is 1. The van der Waals surface area contributed by atoms with Crippen molar-refractivity contribution in [3.05, 3.63) is 41.0 Å². The van der Waals surface area contributed by atoms with Crippen LogP contribution < -0.4 is 0 Å². The second-order valence-corrected chi connectivity index (χ2v) is 8.14. The SMILES string of the molecule is CC(C)(C)OC(=O)N1CCCCC1C(O)c1ccc2cccc(Cl)c2n1. The number of pyridine rings is 1. The number of likely N-dealkylation sites (tertiary alicyclic amines) is 1. The summed E-state index contributed by atoms with van der Waals surface area (Å²) in [6.07, 6.45) is 1.29. The number of carbonyl (C=O) groups excluding carboxylic acids is 1. The van der Waals surface area contributed by atoms with E-state index in [1.165, 1.54) is 0 Å². The Hall–Kier alpha value is -1.85. The summed E-state index contributed by atoms with van der Waals surface area (Å²) in [5, 5.41) is 12.4. The zero-order chi connectivity index (χ0) is 18.9. The molecule has 2 aromatic rings. The number of ether oxygens (including phenoxy) is 1. The summed E-state index contributed by atoms with van der Waals surface area (Å²) >= 11 is 6.24. The fourth-order valence-electron chi connectivity index (χ4n) is 3.32. The van der Waals surface area contributed by atoms with Crippen molar-refractivity contribution < 1.29 is 14.6 Å². The van der Waals surface area contributed by atoms with E-state index >= 15 is 0 Å². The van der Waals surface area contributed by atoms with Crippen LogP contribution in [0.5, 0.6) is 0 Å². The molecule has 0 radical (unpaired) electrons. The second-order valence-electron chi connectivity index (χ2n) is 7.73. The van der Waals surface area contributed by atoms with Gasteiger partial charge in [-0.3, -0.25) is 0 Å². The van der Waals surface area contributed by atoms with E-state index in [4.69, 9.17) is 16.3 Å². The maximum atomic E-state index is 12.6. The third-order valence-electron chi connectivity index (χ3n) is 4.54. The first-order chi connectivity index (χ1) is 12.3. The predicted octanol–water partition coefficient (Wildman–Crippen LogP) is 4.71. The molecule has 0 saturated carbocycles. The number of rotatable bonds is 2. The van der Waals surface area contributed by atoms with Crippen LogP contribution in [0.3, 0.4) is 0 Å². The lowest BCUT2D eigenvalue weighted by atomic mass is 9.95. The Morgan fingerprint density at radius 2 is 2.08 bits per heavy atom. The van der Waals surface area contributed by atoms with Crippen molar-refractivity contribution in [1.29, 1.82) is 0 Å². The molecule has 26 heavy (non-hydrogen) atoms. The van der Waals surface area contributed by atoms with Gasteiger partial charge in [-0.05, 0) is 52.2 Å². The van der Waals surface area contributed by atoms with Gasteiger partial charge in [0.05, 0.1) is 22.3 Å². The van der Waals surface area contributed by atoms with Gasteiger partial charge in [0.15, 0.2) is 0 Å². The molecule has 1 N–H and O–H groups in total. The number of carbonyl (C=O) groups is 1. The summed E-state index contributed by atoms with van der Waals surface area (Å²) < 4.78 is 5.52. The standard InChI is InChI=1S/C20H25ClN2O3/c1-20(2,3)26-19(25)23-12-5-4-9-16(23)18(24)15-11-10-13-7-6-8-14(21)17(13)22-15/h6-8,10-11,16,18,24H,4-5,9,12H2,1-3H3. The Morgan fingerprint density at radius 1 is 1.31 bits per heavy atom. The number of benzene rings is 1. The maximum Gasteiger partial charge on any atom is 0.410 e. The third-order valence-corrected chi connectivity index (χ3v) is 4.84. The summed E-state index contributed by atoms with van der Waals surface area (Å²) in [7, 11) is 0. The van der Waals surface area contributed by atoms with E-state index in [1.807, 2.05) is 39.0 Å². The van der Waals surface area contributed by atoms with Crippen LogP contribution in [0.1, 0.15) is 51.8 Å². The monoisotopic (exact) mass is 376 g/mol. The normalized spacial score (nSPS) is 19.4. The number of hydrogen-bond acceptors (Lipinski definition) is 4. The molecule has 1 aliphatic rings. The summed E-state index contributed by atoms with van der Waals surface area (Å²) in [5.41, 5.74) is 0.607. The molecule has 2 heterocycles. The first kappa shape index (κ1) is 18.9. The van der Waals surface area contributed by atoms with Crippen LogP contribution >= 0.6 is 11.6 Å².